The van der Waals surface area contributed by atoms with E-state index in [1.54, 1.807) is 6.07 Å². The van der Waals surface area contributed by atoms with Crippen LogP contribution in [0.3, 0.4) is 0 Å². The molecule has 0 atom stereocenters. The zero-order valence-electron chi connectivity index (χ0n) is 8.12. The molecule has 76 valence electrons. The highest BCUT2D eigenvalue weighted by Crippen LogP contribution is 2.27. The Labute approximate surface area is 87.3 Å². The van der Waals surface area contributed by atoms with Gasteiger partial charge in [0.25, 0.3) is 5.91 Å². The second kappa shape index (κ2) is 3.61. The highest BCUT2D eigenvalue weighted by Gasteiger charge is 2.27. The molecule has 1 aromatic rings. The van der Waals surface area contributed by atoms with Gasteiger partial charge in [0, 0.05) is 6.04 Å². The van der Waals surface area contributed by atoms with Gasteiger partial charge >= 0.3 is 0 Å². The first-order valence-electron chi connectivity index (χ1n) is 4.80. The van der Waals surface area contributed by atoms with Crippen LogP contribution in [0.5, 0.6) is 0 Å². The maximum Gasteiger partial charge on any atom is 0.263 e. The van der Waals surface area contributed by atoms with Gasteiger partial charge in [0.1, 0.15) is 4.88 Å². The molecule has 3 N–H and O–H groups in total. The smallest absolute Gasteiger partial charge is 0.263 e. The third-order valence-corrected chi connectivity index (χ3v) is 3.54. The van der Waals surface area contributed by atoms with E-state index in [1.807, 2.05) is 5.38 Å². The van der Waals surface area contributed by atoms with Crippen molar-refractivity contribution >= 4 is 22.9 Å². The normalized spacial score (nSPS) is 25.5. The van der Waals surface area contributed by atoms with Gasteiger partial charge in [0.2, 0.25) is 0 Å². The molecule has 1 aromatic heterocycles. The molecule has 1 amide bonds. The average molecular weight is 210 g/mol. The Morgan fingerprint density at radius 2 is 2.36 bits per heavy atom. The van der Waals surface area contributed by atoms with Crippen LogP contribution < -0.4 is 11.1 Å². The van der Waals surface area contributed by atoms with Crippen LogP contribution in [-0.2, 0) is 0 Å². The molecule has 1 heterocycles. The summed E-state index contributed by atoms with van der Waals surface area (Å²) in [6.07, 6.45) is 2.19. The van der Waals surface area contributed by atoms with Gasteiger partial charge in [0.05, 0.1) is 5.69 Å². The lowest BCUT2D eigenvalue weighted by atomic mass is 9.82. The number of hydrogen-bond donors (Lipinski definition) is 2. The van der Waals surface area contributed by atoms with Crippen molar-refractivity contribution in [3.05, 3.63) is 16.3 Å². The first-order chi connectivity index (χ1) is 6.66. The summed E-state index contributed by atoms with van der Waals surface area (Å²) in [5, 5.41) is 4.82. The van der Waals surface area contributed by atoms with Gasteiger partial charge in [-0.25, -0.2) is 0 Å². The number of nitrogens with one attached hydrogen (secondary N) is 1. The summed E-state index contributed by atoms with van der Waals surface area (Å²) in [5.74, 6) is 0.732. The molecule has 0 aliphatic heterocycles. The molecule has 3 nitrogen and oxygen atoms in total. The van der Waals surface area contributed by atoms with Crippen LogP contribution >= 0.6 is 11.3 Å². The Bertz CT molecular complexity index is 342. The van der Waals surface area contributed by atoms with Crippen molar-refractivity contribution in [3.8, 4) is 0 Å². The minimum atomic E-state index is -0.0191. The van der Waals surface area contributed by atoms with E-state index >= 15 is 0 Å². The predicted molar refractivity (Wildman–Crippen MR) is 58.4 cm³/mol. The van der Waals surface area contributed by atoms with Crippen molar-refractivity contribution in [1.29, 1.82) is 0 Å². The van der Waals surface area contributed by atoms with Crippen molar-refractivity contribution in [3.63, 3.8) is 0 Å². The average Bonchev–Trinajstić information content (AvgIpc) is 2.48. The molecule has 0 radical (unpaired) electrons. The summed E-state index contributed by atoms with van der Waals surface area (Å²) < 4.78 is 0. The first kappa shape index (κ1) is 9.52. The van der Waals surface area contributed by atoms with Crippen molar-refractivity contribution in [2.75, 3.05) is 5.73 Å². The summed E-state index contributed by atoms with van der Waals surface area (Å²) in [6.45, 7) is 2.20. The fourth-order valence-corrected chi connectivity index (χ4v) is 2.50. The van der Waals surface area contributed by atoms with E-state index < -0.39 is 0 Å². The molecule has 2 rings (SSSR count). The number of carbonyl (C=O) groups is 1. The molecule has 4 heteroatoms. The molecular formula is C10H14N2OS. The molecule has 1 aliphatic carbocycles. The minimum Gasteiger partial charge on any atom is -0.397 e. The van der Waals surface area contributed by atoms with E-state index in [2.05, 4.69) is 12.2 Å². The van der Waals surface area contributed by atoms with Crippen LogP contribution in [0.4, 0.5) is 5.69 Å². The molecule has 1 fully saturated rings. The maximum absolute atomic E-state index is 11.7. The largest absolute Gasteiger partial charge is 0.397 e. The number of thiophene rings is 1. The van der Waals surface area contributed by atoms with E-state index in [9.17, 15) is 4.79 Å². The van der Waals surface area contributed by atoms with Gasteiger partial charge in [0.15, 0.2) is 0 Å². The SMILES string of the molecule is CC1CC(NC(=O)c2sccc2N)C1. The van der Waals surface area contributed by atoms with Crippen molar-refractivity contribution < 1.29 is 4.79 Å². The highest BCUT2D eigenvalue weighted by molar-refractivity contribution is 7.12. The van der Waals surface area contributed by atoms with Gasteiger partial charge in [-0.05, 0) is 30.2 Å². The van der Waals surface area contributed by atoms with Gasteiger partial charge in [-0.15, -0.1) is 11.3 Å². The Hall–Kier alpha value is -1.03. The van der Waals surface area contributed by atoms with Crippen LogP contribution in [0.1, 0.15) is 29.4 Å². The number of carbonyl (C=O) groups excluding carboxylic acids is 1. The number of amides is 1. The first-order valence-corrected chi connectivity index (χ1v) is 5.68. The summed E-state index contributed by atoms with van der Waals surface area (Å²) in [6, 6.07) is 2.13. The number of nitrogens with two attached hydrogens (primary N) is 1. The van der Waals surface area contributed by atoms with E-state index in [0.717, 1.165) is 18.8 Å². The maximum atomic E-state index is 11.7. The third kappa shape index (κ3) is 1.75. The molecule has 0 unspecified atom stereocenters. The van der Waals surface area contributed by atoms with Crippen molar-refractivity contribution in [1.82, 2.24) is 5.32 Å². The highest BCUT2D eigenvalue weighted by atomic mass is 32.1. The topological polar surface area (TPSA) is 55.1 Å². The van der Waals surface area contributed by atoms with Crippen LogP contribution in [0.25, 0.3) is 0 Å². The molecule has 14 heavy (non-hydrogen) atoms. The van der Waals surface area contributed by atoms with Crippen LogP contribution in [0.15, 0.2) is 11.4 Å². The Morgan fingerprint density at radius 1 is 1.64 bits per heavy atom. The van der Waals surface area contributed by atoms with E-state index in [-0.39, 0.29) is 5.91 Å². The second-order valence-electron chi connectivity index (χ2n) is 3.95. The number of anilines is 1. The van der Waals surface area contributed by atoms with Crippen LogP contribution in [-0.4, -0.2) is 11.9 Å². The lowest BCUT2D eigenvalue weighted by molar-refractivity contribution is 0.0901. The lowest BCUT2D eigenvalue weighted by Gasteiger charge is -2.33. The Kier molecular flexibility index (Phi) is 2.46. The molecule has 0 bridgehead atoms. The quantitative estimate of drug-likeness (QED) is 0.782. The molecule has 0 spiro atoms. The number of rotatable bonds is 2. The fraction of sp³-hybridized carbons (Fsp3) is 0.500. The molecule has 0 aromatic carbocycles. The van der Waals surface area contributed by atoms with E-state index in [0.29, 0.717) is 16.6 Å². The van der Waals surface area contributed by atoms with E-state index in [1.165, 1.54) is 11.3 Å². The Balaban J connectivity index is 1.93. The number of nitrogen functional groups attached to an aromatic ring is 1. The summed E-state index contributed by atoms with van der Waals surface area (Å²) in [5.41, 5.74) is 6.24. The summed E-state index contributed by atoms with van der Waals surface area (Å²) in [4.78, 5) is 12.3. The monoisotopic (exact) mass is 210 g/mol. The molecule has 0 saturated heterocycles. The molecule has 1 aliphatic rings. The summed E-state index contributed by atoms with van der Waals surface area (Å²) >= 11 is 1.40. The van der Waals surface area contributed by atoms with Crippen molar-refractivity contribution in [2.45, 2.75) is 25.8 Å². The standard InChI is InChI=1S/C10H14N2OS/c1-6-4-7(5-6)12-10(13)9-8(11)2-3-14-9/h2-3,6-7H,4-5,11H2,1H3,(H,12,13). The van der Waals surface area contributed by atoms with Crippen molar-refractivity contribution in [2.24, 2.45) is 5.92 Å². The van der Waals surface area contributed by atoms with E-state index in [4.69, 9.17) is 5.73 Å². The zero-order chi connectivity index (χ0) is 10.1. The fourth-order valence-electron chi connectivity index (χ4n) is 1.77. The van der Waals surface area contributed by atoms with Gasteiger partial charge in [-0.2, -0.15) is 0 Å². The Morgan fingerprint density at radius 3 is 2.86 bits per heavy atom. The third-order valence-electron chi connectivity index (χ3n) is 2.61. The summed E-state index contributed by atoms with van der Waals surface area (Å²) in [7, 11) is 0. The minimum absolute atomic E-state index is 0.0191. The zero-order valence-corrected chi connectivity index (χ0v) is 8.93. The van der Waals surface area contributed by atoms with Gasteiger partial charge < -0.3 is 11.1 Å². The predicted octanol–water partition coefficient (Wildman–Crippen LogP) is 1.86. The number of hydrogen-bond acceptors (Lipinski definition) is 3. The van der Waals surface area contributed by atoms with Gasteiger partial charge in [-0.1, -0.05) is 6.92 Å². The van der Waals surface area contributed by atoms with Crippen LogP contribution in [0, 0.1) is 5.92 Å². The second-order valence-corrected chi connectivity index (χ2v) is 4.87. The van der Waals surface area contributed by atoms with Gasteiger partial charge in [-0.3, -0.25) is 4.79 Å². The van der Waals surface area contributed by atoms with Crippen LogP contribution in [0.2, 0.25) is 0 Å². The molecule has 1 saturated carbocycles. The lowest BCUT2D eigenvalue weighted by Crippen LogP contribution is -2.43. The molecular weight excluding hydrogens is 196 g/mol.